The van der Waals surface area contributed by atoms with Crippen molar-refractivity contribution in [3.05, 3.63) is 58.6 Å². The van der Waals surface area contributed by atoms with E-state index in [-0.39, 0.29) is 34.9 Å². The molecule has 2 aromatic carbocycles. The van der Waals surface area contributed by atoms with Crippen LogP contribution >= 0.6 is 0 Å². The molecule has 3 heterocycles. The molecule has 2 fully saturated rings. The quantitative estimate of drug-likeness (QED) is 0.533. The molecule has 2 aliphatic heterocycles. The predicted octanol–water partition coefficient (Wildman–Crippen LogP) is 2.58. The Kier molecular flexibility index (Phi) is 6.42. The number of fused-ring (bicyclic) bond motifs is 1. The predicted molar refractivity (Wildman–Crippen MR) is 138 cm³/mol. The highest BCUT2D eigenvalue weighted by atomic mass is 32.2. The molecule has 0 bridgehead atoms. The third kappa shape index (κ3) is 4.43. The Labute approximate surface area is 210 Å². The monoisotopic (exact) mass is 512 g/mol. The van der Waals surface area contributed by atoms with Gasteiger partial charge in [0.1, 0.15) is 0 Å². The number of piperazine rings is 1. The van der Waals surface area contributed by atoms with E-state index < -0.39 is 15.8 Å². The highest BCUT2D eigenvalue weighted by molar-refractivity contribution is 7.89. The zero-order valence-electron chi connectivity index (χ0n) is 20.9. The van der Waals surface area contributed by atoms with Crippen LogP contribution in [0.5, 0.6) is 0 Å². The summed E-state index contributed by atoms with van der Waals surface area (Å²) in [5.74, 6) is -0.889. The van der Waals surface area contributed by atoms with Gasteiger partial charge >= 0.3 is 5.76 Å². The molecule has 2 saturated heterocycles. The standard InChI is InChI=1S/C26H32N4O5S/c1-18-6-8-21(9-7-18)30-14-13-28(16-19(30)2)25(31)20-5-4-12-29(17-20)36(33,34)22-10-11-23-24(15-22)35-26(32)27(23)3/h6-11,15,19-20H,4-5,12-14,16-17H2,1-3H3/t19-,20+/m0/s1. The molecule has 9 nitrogen and oxygen atoms in total. The van der Waals surface area contributed by atoms with Crippen molar-refractivity contribution in [3.8, 4) is 0 Å². The molecule has 3 aromatic rings. The van der Waals surface area contributed by atoms with Gasteiger partial charge in [-0.15, -0.1) is 0 Å². The van der Waals surface area contributed by atoms with Gasteiger partial charge in [0.25, 0.3) is 0 Å². The minimum atomic E-state index is -3.83. The molecular formula is C26H32N4O5S. The van der Waals surface area contributed by atoms with Crippen LogP contribution < -0.4 is 10.7 Å². The summed E-state index contributed by atoms with van der Waals surface area (Å²) < 4.78 is 34.7. The third-order valence-corrected chi connectivity index (χ3v) is 9.30. The molecule has 0 unspecified atom stereocenters. The number of sulfonamides is 1. The summed E-state index contributed by atoms with van der Waals surface area (Å²) in [4.78, 5) is 29.5. The number of hydrogen-bond acceptors (Lipinski definition) is 6. The SMILES string of the molecule is Cc1ccc(N2CCN(C(=O)[C@@H]3CCCN(S(=O)(=O)c4ccc5c(c4)oc(=O)n5C)C3)C[C@@H]2C)cc1. The maximum atomic E-state index is 13.4. The molecule has 1 amide bonds. The van der Waals surface area contributed by atoms with Crippen LogP contribution in [-0.4, -0.2) is 66.9 Å². The highest BCUT2D eigenvalue weighted by Crippen LogP contribution is 2.28. The smallest absolute Gasteiger partial charge is 0.408 e. The topological polar surface area (TPSA) is 96.1 Å². The maximum Gasteiger partial charge on any atom is 0.419 e. The first kappa shape index (κ1) is 24.6. The number of carbonyl (C=O) groups is 1. The van der Waals surface area contributed by atoms with Gasteiger partial charge in [0.05, 0.1) is 16.3 Å². The number of amides is 1. The van der Waals surface area contributed by atoms with Gasteiger partial charge in [0.2, 0.25) is 15.9 Å². The minimum Gasteiger partial charge on any atom is -0.408 e. The van der Waals surface area contributed by atoms with Gasteiger partial charge in [0, 0.05) is 57.6 Å². The summed E-state index contributed by atoms with van der Waals surface area (Å²) in [6.45, 7) is 6.67. The van der Waals surface area contributed by atoms with Gasteiger partial charge in [-0.05, 0) is 51.0 Å². The zero-order chi connectivity index (χ0) is 25.6. The number of nitrogens with zero attached hydrogens (tertiary/aromatic N) is 4. The summed E-state index contributed by atoms with van der Waals surface area (Å²) in [6.07, 6.45) is 1.29. The molecule has 192 valence electrons. The number of hydrogen-bond donors (Lipinski definition) is 0. The molecule has 36 heavy (non-hydrogen) atoms. The van der Waals surface area contributed by atoms with Crippen molar-refractivity contribution in [3.63, 3.8) is 0 Å². The Bertz CT molecular complexity index is 1440. The largest absolute Gasteiger partial charge is 0.419 e. The fraction of sp³-hybridized carbons (Fsp3) is 0.462. The van der Waals surface area contributed by atoms with Crippen LogP contribution in [0.2, 0.25) is 0 Å². The van der Waals surface area contributed by atoms with Crippen molar-refractivity contribution >= 4 is 32.7 Å². The molecular weight excluding hydrogens is 480 g/mol. The van der Waals surface area contributed by atoms with Gasteiger partial charge in [0.15, 0.2) is 5.58 Å². The van der Waals surface area contributed by atoms with E-state index in [0.717, 1.165) is 12.2 Å². The van der Waals surface area contributed by atoms with Crippen molar-refractivity contribution in [2.24, 2.45) is 13.0 Å². The molecule has 0 spiro atoms. The zero-order valence-corrected chi connectivity index (χ0v) is 21.7. The lowest BCUT2D eigenvalue weighted by molar-refractivity contribution is -0.137. The highest BCUT2D eigenvalue weighted by Gasteiger charge is 2.37. The number of aromatic nitrogens is 1. The van der Waals surface area contributed by atoms with E-state index in [2.05, 4.69) is 43.0 Å². The fourth-order valence-corrected chi connectivity index (χ4v) is 6.86. The Balaban J connectivity index is 1.28. The second-order valence-electron chi connectivity index (χ2n) is 9.92. The van der Waals surface area contributed by atoms with Gasteiger partial charge in [-0.25, -0.2) is 13.2 Å². The van der Waals surface area contributed by atoms with Gasteiger partial charge in [-0.2, -0.15) is 4.31 Å². The Hall–Kier alpha value is -3.11. The van der Waals surface area contributed by atoms with Gasteiger partial charge in [-0.1, -0.05) is 17.7 Å². The van der Waals surface area contributed by atoms with Crippen LogP contribution in [0.4, 0.5) is 5.69 Å². The molecule has 10 heteroatoms. The number of piperidine rings is 1. The molecule has 1 aromatic heterocycles. The molecule has 0 aliphatic carbocycles. The Morgan fingerprint density at radius 3 is 2.50 bits per heavy atom. The van der Waals surface area contributed by atoms with E-state index in [1.165, 1.54) is 26.6 Å². The average molecular weight is 513 g/mol. The third-order valence-electron chi connectivity index (χ3n) is 7.44. The minimum absolute atomic E-state index is 0.0230. The van der Waals surface area contributed by atoms with Crippen molar-refractivity contribution in [2.45, 2.75) is 37.6 Å². The van der Waals surface area contributed by atoms with Crippen molar-refractivity contribution < 1.29 is 17.6 Å². The molecule has 0 saturated carbocycles. The van der Waals surface area contributed by atoms with E-state index in [0.29, 0.717) is 38.0 Å². The Morgan fingerprint density at radius 2 is 1.78 bits per heavy atom. The fourth-order valence-electron chi connectivity index (χ4n) is 5.32. The van der Waals surface area contributed by atoms with Gasteiger partial charge in [-0.3, -0.25) is 9.36 Å². The number of benzene rings is 2. The summed E-state index contributed by atoms with van der Waals surface area (Å²) >= 11 is 0. The second kappa shape index (κ2) is 9.40. The van der Waals surface area contributed by atoms with Crippen molar-refractivity contribution in [1.29, 1.82) is 0 Å². The second-order valence-corrected chi connectivity index (χ2v) is 11.9. The van der Waals surface area contributed by atoms with Crippen molar-refractivity contribution in [1.82, 2.24) is 13.8 Å². The Morgan fingerprint density at radius 1 is 1.03 bits per heavy atom. The van der Waals surface area contributed by atoms with Crippen LogP contribution in [0.25, 0.3) is 11.1 Å². The number of oxazole rings is 1. The normalized spacial score (nSPS) is 21.8. The van der Waals surface area contributed by atoms with E-state index in [4.69, 9.17) is 4.42 Å². The van der Waals surface area contributed by atoms with Crippen molar-refractivity contribution in [2.75, 3.05) is 37.6 Å². The maximum absolute atomic E-state index is 13.4. The molecule has 5 rings (SSSR count). The number of aryl methyl sites for hydroxylation is 2. The first-order valence-electron chi connectivity index (χ1n) is 12.4. The van der Waals surface area contributed by atoms with Crippen LogP contribution in [0.1, 0.15) is 25.3 Å². The lowest BCUT2D eigenvalue weighted by atomic mass is 9.97. The molecule has 0 N–H and O–H groups in total. The molecule has 2 aliphatic rings. The van der Waals surface area contributed by atoms with E-state index in [9.17, 15) is 18.0 Å². The van der Waals surface area contributed by atoms with Gasteiger partial charge < -0.3 is 14.2 Å². The number of anilines is 1. The van der Waals surface area contributed by atoms with Crippen LogP contribution in [-0.2, 0) is 21.9 Å². The molecule has 2 atom stereocenters. The summed E-state index contributed by atoms with van der Waals surface area (Å²) in [5, 5.41) is 0. The van der Waals surface area contributed by atoms with Crippen LogP contribution in [0, 0.1) is 12.8 Å². The average Bonchev–Trinajstić information content (AvgIpc) is 3.17. The first-order valence-corrected chi connectivity index (χ1v) is 13.8. The first-order chi connectivity index (χ1) is 17.1. The summed E-state index contributed by atoms with van der Waals surface area (Å²) in [6, 6.07) is 13.1. The molecule has 0 radical (unpaired) electrons. The lowest BCUT2D eigenvalue weighted by Crippen LogP contribution is -2.56. The van der Waals surface area contributed by atoms with E-state index in [1.54, 1.807) is 13.1 Å². The summed E-state index contributed by atoms with van der Waals surface area (Å²) in [5.41, 5.74) is 3.13. The van der Waals surface area contributed by atoms with E-state index >= 15 is 0 Å². The number of carbonyl (C=O) groups excluding carboxylic acids is 1. The number of rotatable bonds is 4. The van der Waals surface area contributed by atoms with E-state index in [1.807, 2.05) is 4.90 Å². The van der Waals surface area contributed by atoms with Crippen LogP contribution in [0.15, 0.2) is 56.6 Å². The lowest BCUT2D eigenvalue weighted by Gasteiger charge is -2.43. The van der Waals surface area contributed by atoms with Crippen LogP contribution in [0.3, 0.4) is 0 Å². The summed E-state index contributed by atoms with van der Waals surface area (Å²) in [7, 11) is -2.26.